The highest BCUT2D eigenvalue weighted by Crippen LogP contribution is 2.43. The first kappa shape index (κ1) is 32.6. The molecule has 0 aliphatic rings. The summed E-state index contributed by atoms with van der Waals surface area (Å²) in [5.41, 5.74) is 8.61. The standard InChI is InChI=1S/C50H32N4S2/c51-49(32-11-3-1-4-12-32)53-50(33-13-5-2-6-14-33)52-35-22-25-38-41-29-34(21-28-45(41)55-46(38)30-35)31-19-23-36(24-20-31)54-42-17-9-7-16-40(42)47-43(54)27-26-39-37-15-8-10-18-44(37)56-48(39)47/h1-30H,(H2,51,52,53). The Morgan fingerprint density at radius 3 is 1.96 bits per heavy atom. The van der Waals surface area contributed by atoms with E-state index in [2.05, 4.69) is 131 Å². The first-order chi connectivity index (χ1) is 27.7. The SMILES string of the molecule is N=C(/N=C(\Nc1ccc2c(c1)sc1ccc(-c3ccc(-n4c5ccccc5c5c6sc7ccccc7c6ccc54)cc3)cc12)c1ccccc1)c1ccccc1. The number of rotatable bonds is 5. The third-order valence-electron chi connectivity index (χ3n) is 10.7. The van der Waals surface area contributed by atoms with Gasteiger partial charge in [-0.2, -0.15) is 0 Å². The van der Waals surface area contributed by atoms with Crippen LogP contribution in [0.1, 0.15) is 11.1 Å². The minimum Gasteiger partial charge on any atom is -0.340 e. The summed E-state index contributed by atoms with van der Waals surface area (Å²) >= 11 is 3.68. The van der Waals surface area contributed by atoms with Gasteiger partial charge in [0, 0.05) is 73.6 Å². The molecule has 3 aromatic heterocycles. The first-order valence-electron chi connectivity index (χ1n) is 18.6. The van der Waals surface area contributed by atoms with E-state index >= 15 is 0 Å². The highest BCUT2D eigenvalue weighted by Gasteiger charge is 2.18. The Bertz CT molecular complexity index is 3330. The summed E-state index contributed by atoms with van der Waals surface area (Å²) in [6.07, 6.45) is 0. The molecule has 56 heavy (non-hydrogen) atoms. The van der Waals surface area contributed by atoms with Gasteiger partial charge in [0.1, 0.15) is 5.84 Å². The smallest absolute Gasteiger partial charge is 0.154 e. The lowest BCUT2D eigenvalue weighted by atomic mass is 10.0. The molecule has 6 heteroatoms. The summed E-state index contributed by atoms with van der Waals surface area (Å²) in [4.78, 5) is 4.74. The Labute approximate surface area is 330 Å². The number of aromatic nitrogens is 1. The Kier molecular flexibility index (Phi) is 7.66. The van der Waals surface area contributed by atoms with Gasteiger partial charge in [0.15, 0.2) is 5.84 Å². The van der Waals surface area contributed by atoms with E-state index in [1.165, 1.54) is 73.3 Å². The van der Waals surface area contributed by atoms with Crippen LogP contribution in [0.15, 0.2) is 187 Å². The van der Waals surface area contributed by atoms with Crippen molar-refractivity contribution in [2.75, 3.05) is 5.32 Å². The summed E-state index contributed by atoms with van der Waals surface area (Å²) in [7, 11) is 0. The average molecular weight is 753 g/mol. The van der Waals surface area contributed by atoms with Gasteiger partial charge in [-0.05, 0) is 65.7 Å². The van der Waals surface area contributed by atoms with Gasteiger partial charge in [0.25, 0.3) is 0 Å². The predicted octanol–water partition coefficient (Wildman–Crippen LogP) is 14.1. The fraction of sp³-hybridized carbons (Fsp3) is 0. The third-order valence-corrected chi connectivity index (χ3v) is 13.0. The van der Waals surface area contributed by atoms with Crippen LogP contribution in [0.5, 0.6) is 0 Å². The Balaban J connectivity index is 0.936. The summed E-state index contributed by atoms with van der Waals surface area (Å²) in [6, 6.07) is 64.1. The molecule has 0 fully saturated rings. The third kappa shape index (κ3) is 5.41. The number of amidine groups is 2. The van der Waals surface area contributed by atoms with Crippen LogP contribution in [0.3, 0.4) is 0 Å². The molecule has 8 aromatic carbocycles. The molecular weight excluding hydrogens is 721 g/mol. The van der Waals surface area contributed by atoms with Gasteiger partial charge < -0.3 is 9.88 Å². The molecule has 4 nitrogen and oxygen atoms in total. The summed E-state index contributed by atoms with van der Waals surface area (Å²) in [5, 5.41) is 20.0. The second-order valence-corrected chi connectivity index (χ2v) is 16.2. The fourth-order valence-corrected chi connectivity index (χ4v) is 10.4. The minimum absolute atomic E-state index is 0.212. The van der Waals surface area contributed by atoms with E-state index in [1.54, 1.807) is 11.3 Å². The van der Waals surface area contributed by atoms with Gasteiger partial charge in [-0.25, -0.2) is 4.99 Å². The van der Waals surface area contributed by atoms with Crippen LogP contribution in [0.4, 0.5) is 5.69 Å². The van der Waals surface area contributed by atoms with Crippen molar-refractivity contribution in [3.05, 3.63) is 193 Å². The molecular formula is C50H32N4S2. The normalized spacial score (nSPS) is 12.1. The zero-order valence-electron chi connectivity index (χ0n) is 30.0. The van der Waals surface area contributed by atoms with Crippen LogP contribution in [-0.4, -0.2) is 16.2 Å². The number of nitrogens with one attached hydrogen (secondary N) is 2. The number of hydrogen-bond donors (Lipinski definition) is 2. The molecule has 3 heterocycles. The van der Waals surface area contributed by atoms with Gasteiger partial charge >= 0.3 is 0 Å². The molecule has 0 atom stereocenters. The van der Waals surface area contributed by atoms with Crippen LogP contribution >= 0.6 is 22.7 Å². The predicted molar refractivity (Wildman–Crippen MR) is 242 cm³/mol. The van der Waals surface area contributed by atoms with Crippen LogP contribution in [0.25, 0.3) is 79.0 Å². The van der Waals surface area contributed by atoms with Crippen LogP contribution in [-0.2, 0) is 0 Å². The molecule has 264 valence electrons. The maximum Gasteiger partial charge on any atom is 0.154 e. The fourth-order valence-electron chi connectivity index (χ4n) is 8.02. The van der Waals surface area contributed by atoms with E-state index in [4.69, 9.17) is 10.4 Å². The second-order valence-electron chi connectivity index (χ2n) is 14.0. The van der Waals surface area contributed by atoms with Crippen molar-refractivity contribution in [1.82, 2.24) is 4.57 Å². The molecule has 0 unspecified atom stereocenters. The number of thiophene rings is 2. The number of hydrogen-bond acceptors (Lipinski definition) is 3. The van der Waals surface area contributed by atoms with Crippen molar-refractivity contribution >= 4 is 102 Å². The minimum atomic E-state index is 0.212. The molecule has 0 saturated carbocycles. The van der Waals surface area contributed by atoms with E-state index in [9.17, 15) is 0 Å². The van der Waals surface area contributed by atoms with E-state index in [0.717, 1.165) is 22.5 Å². The van der Waals surface area contributed by atoms with Crippen molar-refractivity contribution in [2.24, 2.45) is 4.99 Å². The monoisotopic (exact) mass is 752 g/mol. The lowest BCUT2D eigenvalue weighted by Gasteiger charge is -2.11. The van der Waals surface area contributed by atoms with E-state index in [-0.39, 0.29) is 5.84 Å². The topological polar surface area (TPSA) is 53.2 Å². The second kappa shape index (κ2) is 13.2. The van der Waals surface area contributed by atoms with Gasteiger partial charge in [0.05, 0.1) is 11.0 Å². The van der Waals surface area contributed by atoms with Crippen molar-refractivity contribution < 1.29 is 0 Å². The number of para-hydroxylation sites is 1. The number of benzene rings is 8. The quantitative estimate of drug-likeness (QED) is 0.133. The molecule has 2 N–H and O–H groups in total. The van der Waals surface area contributed by atoms with Crippen LogP contribution in [0.2, 0.25) is 0 Å². The van der Waals surface area contributed by atoms with E-state index in [0.29, 0.717) is 5.84 Å². The van der Waals surface area contributed by atoms with Crippen molar-refractivity contribution in [1.29, 1.82) is 5.41 Å². The zero-order valence-corrected chi connectivity index (χ0v) is 31.7. The lowest BCUT2D eigenvalue weighted by Crippen LogP contribution is -2.16. The molecule has 0 aliphatic carbocycles. The number of aliphatic imine (C=N–C) groups is 1. The first-order valence-corrected chi connectivity index (χ1v) is 20.3. The number of fused-ring (bicyclic) bond motifs is 10. The number of anilines is 1. The molecule has 11 aromatic rings. The molecule has 0 saturated heterocycles. The van der Waals surface area contributed by atoms with Gasteiger partial charge in [-0.1, -0.05) is 127 Å². The Morgan fingerprint density at radius 1 is 0.482 bits per heavy atom. The highest BCUT2D eigenvalue weighted by atomic mass is 32.1. The largest absolute Gasteiger partial charge is 0.340 e. The lowest BCUT2D eigenvalue weighted by molar-refractivity contribution is 1.18. The molecule has 0 spiro atoms. The summed E-state index contributed by atoms with van der Waals surface area (Å²) in [5.74, 6) is 0.851. The average Bonchev–Trinajstić information content (AvgIpc) is 3.93. The van der Waals surface area contributed by atoms with Crippen molar-refractivity contribution in [3.63, 3.8) is 0 Å². The molecule has 0 radical (unpaired) electrons. The molecule has 0 aliphatic heterocycles. The summed E-state index contributed by atoms with van der Waals surface area (Å²) in [6.45, 7) is 0. The highest BCUT2D eigenvalue weighted by molar-refractivity contribution is 7.27. The molecule has 0 amide bonds. The van der Waals surface area contributed by atoms with E-state index in [1.807, 2.05) is 72.0 Å². The van der Waals surface area contributed by atoms with Gasteiger partial charge in [-0.15, -0.1) is 22.7 Å². The van der Waals surface area contributed by atoms with Crippen LogP contribution < -0.4 is 5.32 Å². The van der Waals surface area contributed by atoms with Gasteiger partial charge in [0.2, 0.25) is 0 Å². The Morgan fingerprint density at radius 2 is 1.14 bits per heavy atom. The maximum atomic E-state index is 8.70. The maximum absolute atomic E-state index is 8.70. The zero-order chi connectivity index (χ0) is 37.2. The van der Waals surface area contributed by atoms with Crippen LogP contribution in [0, 0.1) is 5.41 Å². The molecule has 11 rings (SSSR count). The van der Waals surface area contributed by atoms with Crippen molar-refractivity contribution in [2.45, 2.75) is 0 Å². The van der Waals surface area contributed by atoms with Crippen molar-refractivity contribution in [3.8, 4) is 16.8 Å². The number of nitrogens with zero attached hydrogens (tertiary/aromatic N) is 2. The summed E-state index contributed by atoms with van der Waals surface area (Å²) < 4.78 is 7.54. The molecule has 0 bridgehead atoms. The van der Waals surface area contributed by atoms with E-state index < -0.39 is 0 Å². The Hall–Kier alpha value is -6.86. The van der Waals surface area contributed by atoms with Gasteiger partial charge in [-0.3, -0.25) is 5.41 Å².